The van der Waals surface area contributed by atoms with Gasteiger partial charge in [0.2, 0.25) is 11.8 Å². The number of hydrogen-bond acceptors (Lipinski definition) is 10. The molecule has 276 valence electrons. The first kappa shape index (κ1) is 39.2. The molecule has 1 saturated carbocycles. The third kappa shape index (κ3) is 10.7. The first-order chi connectivity index (χ1) is 23.4. The second kappa shape index (κ2) is 16.6. The van der Waals surface area contributed by atoms with Gasteiger partial charge in [0.1, 0.15) is 6.04 Å². The fourth-order valence-electron chi connectivity index (χ4n) is 6.87. The van der Waals surface area contributed by atoms with Crippen LogP contribution in [0.3, 0.4) is 0 Å². The van der Waals surface area contributed by atoms with Gasteiger partial charge in [-0.25, -0.2) is 18.4 Å². The number of carbonyl (C=O) groups excluding carboxylic acids is 3. The van der Waals surface area contributed by atoms with Crippen LogP contribution in [0.5, 0.6) is 6.01 Å². The number of aromatic nitrogens is 2. The molecule has 4 N–H and O–H groups in total. The second-order valence-corrected chi connectivity index (χ2v) is 17.9. The number of rotatable bonds is 14. The van der Waals surface area contributed by atoms with Gasteiger partial charge in [0.15, 0.2) is 16.4 Å². The van der Waals surface area contributed by atoms with E-state index in [0.29, 0.717) is 24.8 Å². The molecule has 13 nitrogen and oxygen atoms in total. The molecule has 1 aliphatic carbocycles. The number of likely N-dealkylation sites (tertiary alicyclic amines) is 1. The maximum atomic E-state index is 14.1. The van der Waals surface area contributed by atoms with Gasteiger partial charge >= 0.3 is 6.01 Å². The van der Waals surface area contributed by atoms with Crippen LogP contribution >= 0.6 is 0 Å². The van der Waals surface area contributed by atoms with Crippen molar-refractivity contribution in [1.82, 2.24) is 30.8 Å². The summed E-state index contributed by atoms with van der Waals surface area (Å²) in [4.78, 5) is 50.7. The number of aliphatic hydroxyl groups is 1. The lowest BCUT2D eigenvalue weighted by atomic mass is 9.72. The predicted molar refractivity (Wildman–Crippen MR) is 190 cm³/mol. The van der Waals surface area contributed by atoms with Crippen molar-refractivity contribution in [3.63, 3.8) is 0 Å². The molecule has 50 heavy (non-hydrogen) atoms. The van der Waals surface area contributed by atoms with E-state index in [0.717, 1.165) is 37.5 Å². The summed E-state index contributed by atoms with van der Waals surface area (Å²) in [5.41, 5.74) is 0.406. The van der Waals surface area contributed by atoms with Crippen molar-refractivity contribution < 1.29 is 32.6 Å². The summed E-state index contributed by atoms with van der Waals surface area (Å²) in [5, 5.41) is 20.5. The van der Waals surface area contributed by atoms with Crippen molar-refractivity contribution >= 4 is 27.6 Å². The molecule has 1 aromatic heterocycles. The van der Waals surface area contributed by atoms with Crippen molar-refractivity contribution in [1.29, 1.82) is 0 Å². The average molecular weight is 715 g/mol. The van der Waals surface area contributed by atoms with E-state index < -0.39 is 62.8 Å². The molecular weight excluding hydrogens is 660 g/mol. The zero-order chi connectivity index (χ0) is 36.7. The summed E-state index contributed by atoms with van der Waals surface area (Å²) in [6.07, 6.45) is 8.10. The number of β-amino-alcohol motifs (C(OH)–C–C–N with tert-alkyl or cyclic N) is 1. The maximum absolute atomic E-state index is 14.1. The average Bonchev–Trinajstić information content (AvgIpc) is 3.05. The van der Waals surface area contributed by atoms with Crippen molar-refractivity contribution in [3.05, 3.63) is 54.4 Å². The van der Waals surface area contributed by atoms with Gasteiger partial charge in [-0.15, -0.1) is 0 Å². The number of nitrogens with zero attached hydrogens (tertiary/aromatic N) is 3. The Morgan fingerprint density at radius 2 is 1.62 bits per heavy atom. The fourth-order valence-corrected chi connectivity index (χ4v) is 7.47. The summed E-state index contributed by atoms with van der Waals surface area (Å²) in [5.74, 6) is -0.767. The van der Waals surface area contributed by atoms with Crippen LogP contribution in [-0.2, 0) is 30.6 Å². The molecule has 6 atom stereocenters. The van der Waals surface area contributed by atoms with Crippen LogP contribution in [0.15, 0.2) is 48.8 Å². The van der Waals surface area contributed by atoms with E-state index in [9.17, 15) is 27.9 Å². The number of amides is 3. The standard InChI is InChI=1S/C36H54N6O7S/c1-35(2,3)41-32(45)28-20-25-15-10-11-16-26(25)21-42(28)22-29(43)27(19-24-13-8-7-9-14-24)39-33(46)31(36(4,5)50(6,47)48)40-30(44)23-49-34-37-17-12-18-38-34/h7-9,12-14,17-18,25-29,31,43H,10-11,15-16,19-23H2,1-6H3,(H,39,46)(H,40,44)(H,41,45)/t25-,26+,27-,28-,29+,31+/m0/s1. The minimum absolute atomic E-state index is 0.0520. The Labute approximate surface area is 296 Å². The predicted octanol–water partition coefficient (Wildman–Crippen LogP) is 2.05. The van der Waals surface area contributed by atoms with Crippen LogP contribution in [0.1, 0.15) is 72.3 Å². The molecule has 1 saturated heterocycles. The molecule has 0 bridgehead atoms. The quantitative estimate of drug-likeness (QED) is 0.226. The van der Waals surface area contributed by atoms with Gasteiger partial charge in [-0.1, -0.05) is 49.6 Å². The van der Waals surface area contributed by atoms with Crippen molar-refractivity contribution in [2.45, 2.75) is 108 Å². The molecule has 0 spiro atoms. The van der Waals surface area contributed by atoms with E-state index in [2.05, 4.69) is 25.9 Å². The Balaban J connectivity index is 1.58. The van der Waals surface area contributed by atoms with Gasteiger partial charge in [0, 0.05) is 37.3 Å². The number of piperidine rings is 1. The Hall–Kier alpha value is -3.62. The summed E-state index contributed by atoms with van der Waals surface area (Å²) in [6, 6.07) is 7.99. The zero-order valence-electron chi connectivity index (χ0n) is 30.1. The number of carbonyl (C=O) groups is 3. The lowest BCUT2D eigenvalue weighted by Crippen LogP contribution is -2.64. The van der Waals surface area contributed by atoms with Gasteiger partial charge in [-0.05, 0) is 77.3 Å². The van der Waals surface area contributed by atoms with Gasteiger partial charge in [0.25, 0.3) is 5.91 Å². The SMILES string of the molecule is CC(C)(C)NC(=O)[C@@H]1C[C@@H]2CCCC[C@@H]2CN1C[C@@H](O)[C@H](Cc1ccccc1)NC(=O)[C@@H](NC(=O)COc1ncccn1)C(C)(C)S(C)(=O)=O. The van der Waals surface area contributed by atoms with E-state index in [1.165, 1.54) is 26.2 Å². The number of benzene rings is 1. The molecule has 2 fully saturated rings. The molecule has 2 aliphatic rings. The molecule has 4 rings (SSSR count). The fraction of sp³-hybridized carbons (Fsp3) is 0.639. The number of hydrogen-bond donors (Lipinski definition) is 4. The Morgan fingerprint density at radius 1 is 0.980 bits per heavy atom. The first-order valence-electron chi connectivity index (χ1n) is 17.4. The van der Waals surface area contributed by atoms with Gasteiger partial charge < -0.3 is 25.8 Å². The highest BCUT2D eigenvalue weighted by Crippen LogP contribution is 2.39. The van der Waals surface area contributed by atoms with Crippen molar-refractivity contribution in [2.75, 3.05) is 26.0 Å². The molecule has 3 amide bonds. The van der Waals surface area contributed by atoms with Crippen LogP contribution in [0, 0.1) is 11.8 Å². The first-order valence-corrected chi connectivity index (χ1v) is 19.3. The Morgan fingerprint density at radius 3 is 2.24 bits per heavy atom. The minimum Gasteiger partial charge on any atom is -0.453 e. The summed E-state index contributed by atoms with van der Waals surface area (Å²) in [7, 11) is -3.90. The van der Waals surface area contributed by atoms with E-state index in [4.69, 9.17) is 4.74 Å². The molecule has 2 aromatic rings. The van der Waals surface area contributed by atoms with Gasteiger partial charge in [-0.2, -0.15) is 0 Å². The van der Waals surface area contributed by atoms with E-state index in [1.807, 2.05) is 56.0 Å². The van der Waals surface area contributed by atoms with Crippen LogP contribution in [-0.4, -0.2) is 107 Å². The lowest BCUT2D eigenvalue weighted by Gasteiger charge is -2.47. The monoisotopic (exact) mass is 714 g/mol. The molecule has 0 unspecified atom stereocenters. The minimum atomic E-state index is -3.90. The van der Waals surface area contributed by atoms with Crippen molar-refractivity contribution in [3.8, 4) is 6.01 Å². The largest absolute Gasteiger partial charge is 0.453 e. The lowest BCUT2D eigenvalue weighted by molar-refractivity contribution is -0.133. The van der Waals surface area contributed by atoms with E-state index in [1.54, 1.807) is 6.07 Å². The van der Waals surface area contributed by atoms with E-state index in [-0.39, 0.29) is 24.9 Å². The summed E-state index contributed by atoms with van der Waals surface area (Å²) >= 11 is 0. The molecular formula is C36H54N6O7S. The third-order valence-corrected chi connectivity index (χ3v) is 12.1. The highest BCUT2D eigenvalue weighted by molar-refractivity contribution is 7.92. The van der Waals surface area contributed by atoms with Crippen LogP contribution in [0.25, 0.3) is 0 Å². The normalized spacial score (nSPS) is 21.9. The van der Waals surface area contributed by atoms with Crippen LogP contribution in [0.4, 0.5) is 0 Å². The van der Waals surface area contributed by atoms with Crippen LogP contribution in [0.2, 0.25) is 0 Å². The number of nitrogens with one attached hydrogen (secondary N) is 3. The Bertz CT molecular complexity index is 1550. The highest BCUT2D eigenvalue weighted by atomic mass is 32.2. The number of aliphatic hydroxyl groups excluding tert-OH is 1. The molecule has 2 heterocycles. The molecule has 14 heteroatoms. The molecule has 0 radical (unpaired) electrons. The Kier molecular flexibility index (Phi) is 13.0. The topological polar surface area (TPSA) is 180 Å². The maximum Gasteiger partial charge on any atom is 0.316 e. The zero-order valence-corrected chi connectivity index (χ0v) is 30.9. The molecule has 1 aromatic carbocycles. The van der Waals surface area contributed by atoms with Gasteiger partial charge in [0.05, 0.1) is 22.9 Å². The van der Waals surface area contributed by atoms with Crippen LogP contribution < -0.4 is 20.7 Å². The smallest absolute Gasteiger partial charge is 0.316 e. The third-order valence-electron chi connectivity index (χ3n) is 9.91. The number of ether oxygens (including phenoxy) is 1. The highest BCUT2D eigenvalue weighted by Gasteiger charge is 2.46. The number of sulfone groups is 1. The summed E-state index contributed by atoms with van der Waals surface area (Å²) < 4.78 is 29.5. The second-order valence-electron chi connectivity index (χ2n) is 15.3. The van der Waals surface area contributed by atoms with Crippen molar-refractivity contribution in [2.24, 2.45) is 11.8 Å². The van der Waals surface area contributed by atoms with E-state index >= 15 is 0 Å². The number of fused-ring (bicyclic) bond motifs is 1. The summed E-state index contributed by atoms with van der Waals surface area (Å²) in [6.45, 7) is 8.76. The molecule has 1 aliphatic heterocycles. The van der Waals surface area contributed by atoms with Gasteiger partial charge in [-0.3, -0.25) is 19.3 Å².